The minimum atomic E-state index is -0.767. The van der Waals surface area contributed by atoms with Crippen LogP contribution >= 0.6 is 0 Å². The zero-order valence-corrected chi connectivity index (χ0v) is 13.1. The Morgan fingerprint density at radius 3 is 2.43 bits per heavy atom. The Balaban J connectivity index is 1.86. The molecular weight excluding hydrogens is 292 g/mol. The summed E-state index contributed by atoms with van der Waals surface area (Å²) in [5.74, 6) is 0.439. The van der Waals surface area contributed by atoms with Crippen LogP contribution in [0.25, 0.3) is 0 Å². The van der Waals surface area contributed by atoms with E-state index < -0.39 is 11.4 Å². The summed E-state index contributed by atoms with van der Waals surface area (Å²) in [5.41, 5.74) is 1.08. The van der Waals surface area contributed by atoms with Crippen LogP contribution in [-0.4, -0.2) is 18.2 Å². The van der Waals surface area contributed by atoms with Crippen molar-refractivity contribution in [3.63, 3.8) is 0 Å². The molecule has 0 radical (unpaired) electrons. The van der Waals surface area contributed by atoms with Gasteiger partial charge in [0.15, 0.2) is 11.5 Å². The molecule has 3 rings (SSSR count). The molecule has 0 heterocycles. The van der Waals surface area contributed by atoms with Gasteiger partial charge in [0.1, 0.15) is 6.61 Å². The summed E-state index contributed by atoms with van der Waals surface area (Å²) in [5, 5.41) is 9.59. The number of methoxy groups -OCH3 is 1. The molecule has 0 spiro atoms. The van der Waals surface area contributed by atoms with Gasteiger partial charge >= 0.3 is 5.97 Å². The van der Waals surface area contributed by atoms with Crippen molar-refractivity contribution in [2.24, 2.45) is 0 Å². The lowest BCUT2D eigenvalue weighted by molar-refractivity contribution is -0.147. The van der Waals surface area contributed by atoms with E-state index in [1.54, 1.807) is 13.2 Å². The van der Waals surface area contributed by atoms with Crippen LogP contribution in [0.15, 0.2) is 48.5 Å². The molecule has 1 N–H and O–H groups in total. The second-order valence-corrected chi connectivity index (χ2v) is 5.88. The highest BCUT2D eigenvalue weighted by atomic mass is 16.5. The fourth-order valence-corrected chi connectivity index (χ4v) is 2.98. The van der Waals surface area contributed by atoms with Crippen molar-refractivity contribution < 1.29 is 19.4 Å². The lowest BCUT2D eigenvalue weighted by Gasteiger charge is -2.38. The summed E-state index contributed by atoms with van der Waals surface area (Å²) >= 11 is 0. The molecule has 1 saturated carbocycles. The van der Waals surface area contributed by atoms with Crippen molar-refractivity contribution in [2.45, 2.75) is 31.3 Å². The molecule has 23 heavy (non-hydrogen) atoms. The number of hydrogen-bond donors (Lipinski definition) is 1. The topological polar surface area (TPSA) is 55.8 Å². The Hall–Kier alpha value is -2.49. The fraction of sp³-hybridized carbons (Fsp3) is 0.316. The van der Waals surface area contributed by atoms with Gasteiger partial charge in [-0.1, -0.05) is 42.8 Å². The number of aliphatic carboxylic acids is 1. The van der Waals surface area contributed by atoms with Crippen LogP contribution in [0.2, 0.25) is 0 Å². The van der Waals surface area contributed by atoms with Gasteiger partial charge in [-0.2, -0.15) is 0 Å². The maximum Gasteiger partial charge on any atom is 0.314 e. The Bertz CT molecular complexity index is 690. The van der Waals surface area contributed by atoms with Crippen LogP contribution in [0.5, 0.6) is 11.5 Å². The number of ether oxygens (including phenoxy) is 2. The van der Waals surface area contributed by atoms with Crippen LogP contribution in [0.1, 0.15) is 30.4 Å². The molecule has 1 aliphatic carbocycles. The van der Waals surface area contributed by atoms with E-state index in [1.165, 1.54) is 0 Å². The summed E-state index contributed by atoms with van der Waals surface area (Å²) in [4.78, 5) is 11.7. The van der Waals surface area contributed by atoms with Crippen LogP contribution in [0, 0.1) is 0 Å². The van der Waals surface area contributed by atoms with Gasteiger partial charge in [0, 0.05) is 0 Å². The first kappa shape index (κ1) is 15.4. The molecule has 2 aromatic rings. The number of benzene rings is 2. The van der Waals surface area contributed by atoms with Gasteiger partial charge in [0.25, 0.3) is 0 Å². The minimum absolute atomic E-state index is 0.417. The molecule has 0 aliphatic heterocycles. The van der Waals surface area contributed by atoms with E-state index in [0.717, 1.165) is 17.5 Å². The van der Waals surface area contributed by atoms with E-state index in [9.17, 15) is 9.90 Å². The van der Waals surface area contributed by atoms with E-state index in [0.29, 0.717) is 30.9 Å². The highest BCUT2D eigenvalue weighted by molar-refractivity contribution is 5.83. The summed E-state index contributed by atoms with van der Waals surface area (Å²) in [6.45, 7) is 0.417. The van der Waals surface area contributed by atoms with Gasteiger partial charge in [0.05, 0.1) is 12.5 Å². The van der Waals surface area contributed by atoms with Gasteiger partial charge in [0.2, 0.25) is 0 Å². The summed E-state index contributed by atoms with van der Waals surface area (Å²) in [7, 11) is 1.58. The third kappa shape index (κ3) is 2.89. The van der Waals surface area contributed by atoms with Crippen molar-refractivity contribution in [1.29, 1.82) is 0 Å². The minimum Gasteiger partial charge on any atom is -0.493 e. The van der Waals surface area contributed by atoms with Gasteiger partial charge < -0.3 is 14.6 Å². The predicted molar refractivity (Wildman–Crippen MR) is 86.9 cm³/mol. The summed E-state index contributed by atoms with van der Waals surface area (Å²) in [6.07, 6.45) is 2.29. The third-order valence-electron chi connectivity index (χ3n) is 4.57. The first-order chi connectivity index (χ1) is 11.2. The molecule has 4 nitrogen and oxygen atoms in total. The summed E-state index contributed by atoms with van der Waals surface area (Å²) < 4.78 is 11.2. The molecule has 0 aromatic heterocycles. The van der Waals surface area contributed by atoms with E-state index in [4.69, 9.17) is 9.47 Å². The van der Waals surface area contributed by atoms with Crippen molar-refractivity contribution in [1.82, 2.24) is 0 Å². The Morgan fingerprint density at radius 1 is 1.13 bits per heavy atom. The fourth-order valence-electron chi connectivity index (χ4n) is 2.98. The molecule has 0 saturated heterocycles. The maximum atomic E-state index is 11.7. The Kier molecular flexibility index (Phi) is 4.24. The van der Waals surface area contributed by atoms with Crippen molar-refractivity contribution in [2.75, 3.05) is 7.11 Å². The molecule has 2 aromatic carbocycles. The predicted octanol–water partition coefficient (Wildman–Crippen LogP) is 3.78. The lowest BCUT2D eigenvalue weighted by Crippen LogP contribution is -2.42. The van der Waals surface area contributed by atoms with Gasteiger partial charge in [-0.3, -0.25) is 4.79 Å². The zero-order chi connectivity index (χ0) is 16.3. The number of hydrogen-bond acceptors (Lipinski definition) is 3. The molecule has 1 aliphatic rings. The molecule has 0 bridgehead atoms. The van der Waals surface area contributed by atoms with Crippen molar-refractivity contribution in [3.05, 3.63) is 59.7 Å². The molecule has 0 unspecified atom stereocenters. The standard InChI is InChI=1S/C19H20O4/c1-22-16-9-8-15(19(18(20)21)10-5-11-19)12-17(16)23-13-14-6-3-2-4-7-14/h2-4,6-9,12H,5,10-11,13H2,1H3,(H,20,21). The second-order valence-electron chi connectivity index (χ2n) is 5.88. The SMILES string of the molecule is COc1ccc(C2(C(=O)O)CCC2)cc1OCc1ccccc1. The van der Waals surface area contributed by atoms with Crippen molar-refractivity contribution >= 4 is 5.97 Å². The van der Waals surface area contributed by atoms with Crippen LogP contribution < -0.4 is 9.47 Å². The third-order valence-corrected chi connectivity index (χ3v) is 4.57. The molecule has 0 amide bonds. The maximum absolute atomic E-state index is 11.7. The molecule has 1 fully saturated rings. The Labute approximate surface area is 135 Å². The van der Waals surface area contributed by atoms with E-state index in [2.05, 4.69) is 0 Å². The first-order valence-corrected chi connectivity index (χ1v) is 7.74. The number of rotatable bonds is 6. The van der Waals surface area contributed by atoms with E-state index >= 15 is 0 Å². The number of carbonyl (C=O) groups is 1. The first-order valence-electron chi connectivity index (χ1n) is 7.74. The highest BCUT2D eigenvalue weighted by Gasteiger charge is 2.46. The number of carboxylic acids is 1. The van der Waals surface area contributed by atoms with Crippen LogP contribution in [0.3, 0.4) is 0 Å². The van der Waals surface area contributed by atoms with E-state index in [1.807, 2.05) is 42.5 Å². The van der Waals surface area contributed by atoms with E-state index in [-0.39, 0.29) is 0 Å². The molecule has 4 heteroatoms. The zero-order valence-electron chi connectivity index (χ0n) is 13.1. The average Bonchev–Trinajstić information content (AvgIpc) is 2.52. The largest absolute Gasteiger partial charge is 0.493 e. The monoisotopic (exact) mass is 312 g/mol. The molecule has 120 valence electrons. The average molecular weight is 312 g/mol. The van der Waals surface area contributed by atoms with Crippen LogP contribution in [0.4, 0.5) is 0 Å². The highest BCUT2D eigenvalue weighted by Crippen LogP contribution is 2.46. The van der Waals surface area contributed by atoms with Gasteiger partial charge in [-0.05, 0) is 36.1 Å². The quantitative estimate of drug-likeness (QED) is 0.882. The van der Waals surface area contributed by atoms with Crippen molar-refractivity contribution in [3.8, 4) is 11.5 Å². The van der Waals surface area contributed by atoms with Gasteiger partial charge in [-0.15, -0.1) is 0 Å². The second kappa shape index (κ2) is 6.32. The van der Waals surface area contributed by atoms with Gasteiger partial charge in [-0.25, -0.2) is 0 Å². The smallest absolute Gasteiger partial charge is 0.314 e. The number of carboxylic acid groups (broad SMARTS) is 1. The van der Waals surface area contributed by atoms with Crippen LogP contribution in [-0.2, 0) is 16.8 Å². The lowest BCUT2D eigenvalue weighted by atomic mass is 9.64. The molecule has 0 atom stereocenters. The summed E-state index contributed by atoms with van der Waals surface area (Å²) in [6, 6.07) is 15.3. The normalized spacial score (nSPS) is 15.5. The Morgan fingerprint density at radius 2 is 1.87 bits per heavy atom. The molecular formula is C19H20O4.